The Kier molecular flexibility index (Phi) is 9.80. The molecule has 1 aliphatic heterocycles. The number of ether oxygens (including phenoxy) is 1. The van der Waals surface area contributed by atoms with Crippen LogP contribution in [-0.2, 0) is 9.59 Å². The number of β-amino-alcohol motifs (C(OH)–C–C–N with tert-alkyl or cyclic N) is 1. The largest absolute Gasteiger partial charge is 0.492 e. The van der Waals surface area contributed by atoms with Crippen LogP contribution in [0, 0.1) is 12.3 Å². The number of thiazole rings is 1. The van der Waals surface area contributed by atoms with Crippen LogP contribution in [0.3, 0.4) is 0 Å². The number of hydrogen-bond acceptors (Lipinski definition) is 9. The molecule has 2 aromatic heterocycles. The van der Waals surface area contributed by atoms with E-state index in [0.717, 1.165) is 21.7 Å². The monoisotopic (exact) mass is 647 g/mol. The molecule has 0 saturated carbocycles. The molecule has 3 heterocycles. The van der Waals surface area contributed by atoms with Crippen molar-refractivity contribution in [3.05, 3.63) is 71.1 Å². The summed E-state index contributed by atoms with van der Waals surface area (Å²) in [4.78, 5) is 47.8. The Labute approximate surface area is 272 Å². The summed E-state index contributed by atoms with van der Waals surface area (Å²) >= 11 is 1.58. The zero-order chi connectivity index (χ0) is 33.2. The predicted octanol–water partition coefficient (Wildman–Crippen LogP) is 4.19. The number of aliphatic hydroxyl groups excluding tert-OH is 1. The number of nitrogens with one attached hydrogen (secondary N) is 2. The molecule has 0 radical (unpaired) electrons. The Bertz CT molecular complexity index is 1710. The molecule has 0 bridgehead atoms. The van der Waals surface area contributed by atoms with Gasteiger partial charge in [0.05, 0.1) is 28.2 Å². The second kappa shape index (κ2) is 13.6. The van der Waals surface area contributed by atoms with Gasteiger partial charge in [0.15, 0.2) is 5.76 Å². The number of rotatable bonds is 10. The van der Waals surface area contributed by atoms with Gasteiger partial charge in [0.2, 0.25) is 11.8 Å². The first kappa shape index (κ1) is 33.1. The molecule has 4 aromatic rings. The number of amides is 3. The maximum Gasteiger partial charge on any atom is 0.287 e. The Morgan fingerprint density at radius 3 is 2.54 bits per heavy atom. The lowest BCUT2D eigenvalue weighted by atomic mass is 9.85. The lowest BCUT2D eigenvalue weighted by Gasteiger charge is -2.35. The fourth-order valence-corrected chi connectivity index (χ4v) is 6.42. The standard InChI is InChI=1S/C34H41N5O6S/c1-19(21-6-8-22(9-7-21)29-20(2)36-18-46-29)37-31(41)26-15-24(40)17-39(26)33(43)30(34(3,4)5)38-32(42)28-14-23-10-11-25(44-13-12-35)16-27(23)45-28/h6-11,14,16,18-19,24,26,30,40H,12-13,15,17,35H2,1-5H3,(H,37,41)(H,38,42)/t19-,24+,26-,30+/m0/s1. The topological polar surface area (TPSA) is 160 Å². The molecule has 12 heteroatoms. The predicted molar refractivity (Wildman–Crippen MR) is 176 cm³/mol. The van der Waals surface area contributed by atoms with Crippen LogP contribution in [0.5, 0.6) is 5.75 Å². The number of nitrogens with zero attached hydrogens (tertiary/aromatic N) is 2. The average molecular weight is 648 g/mol. The molecule has 2 aromatic carbocycles. The number of carbonyl (C=O) groups is 3. The Hall–Kier alpha value is -4.26. The molecule has 3 amide bonds. The lowest BCUT2D eigenvalue weighted by molar-refractivity contribution is -0.142. The smallest absolute Gasteiger partial charge is 0.287 e. The first-order valence-corrected chi connectivity index (χ1v) is 16.2. The SMILES string of the molecule is Cc1ncsc1-c1ccc([C@H](C)NC(=O)[C@@H]2C[C@@H](O)CN2C(=O)[C@@H](NC(=O)c2cc3ccc(OCCN)cc3o2)C(C)(C)C)cc1. The van der Waals surface area contributed by atoms with Gasteiger partial charge < -0.3 is 35.5 Å². The third-order valence-corrected chi connectivity index (χ3v) is 9.11. The molecule has 5 N–H and O–H groups in total. The third kappa shape index (κ3) is 7.24. The van der Waals surface area contributed by atoms with Gasteiger partial charge in [0, 0.05) is 31.0 Å². The van der Waals surface area contributed by atoms with Gasteiger partial charge in [-0.25, -0.2) is 4.98 Å². The van der Waals surface area contributed by atoms with E-state index < -0.39 is 35.4 Å². The Morgan fingerprint density at radius 2 is 1.89 bits per heavy atom. The highest BCUT2D eigenvalue weighted by atomic mass is 32.1. The van der Waals surface area contributed by atoms with E-state index >= 15 is 0 Å². The summed E-state index contributed by atoms with van der Waals surface area (Å²) < 4.78 is 11.4. The Morgan fingerprint density at radius 1 is 1.15 bits per heavy atom. The minimum absolute atomic E-state index is 0.0210. The zero-order valence-corrected chi connectivity index (χ0v) is 27.5. The van der Waals surface area contributed by atoms with Gasteiger partial charge in [-0.15, -0.1) is 11.3 Å². The van der Waals surface area contributed by atoms with E-state index in [9.17, 15) is 19.5 Å². The van der Waals surface area contributed by atoms with Crippen molar-refractivity contribution in [1.29, 1.82) is 0 Å². The van der Waals surface area contributed by atoms with E-state index in [-0.39, 0.29) is 30.7 Å². The van der Waals surface area contributed by atoms with Gasteiger partial charge in [-0.3, -0.25) is 14.4 Å². The molecule has 46 heavy (non-hydrogen) atoms. The van der Waals surface area contributed by atoms with Gasteiger partial charge in [-0.2, -0.15) is 0 Å². The van der Waals surface area contributed by atoms with Crippen molar-refractivity contribution in [3.8, 4) is 16.2 Å². The molecule has 1 aliphatic rings. The Balaban J connectivity index is 1.28. The molecule has 1 saturated heterocycles. The van der Waals surface area contributed by atoms with Crippen LogP contribution in [0.25, 0.3) is 21.4 Å². The number of furan rings is 1. The summed E-state index contributed by atoms with van der Waals surface area (Å²) in [6.45, 7) is 10.0. The minimum atomic E-state index is -1.00. The molecule has 0 aliphatic carbocycles. The minimum Gasteiger partial charge on any atom is -0.492 e. The highest BCUT2D eigenvalue weighted by Gasteiger charge is 2.45. The fourth-order valence-electron chi connectivity index (χ4n) is 5.61. The summed E-state index contributed by atoms with van der Waals surface area (Å²) in [7, 11) is 0. The molecule has 5 rings (SSSR count). The van der Waals surface area contributed by atoms with Gasteiger partial charge >= 0.3 is 0 Å². The summed E-state index contributed by atoms with van der Waals surface area (Å²) in [5.41, 5.74) is 9.99. The van der Waals surface area contributed by atoms with E-state index in [1.165, 1.54) is 4.90 Å². The number of aryl methyl sites for hydroxylation is 1. The molecule has 0 spiro atoms. The number of fused-ring (bicyclic) bond motifs is 1. The third-order valence-electron chi connectivity index (χ3n) is 8.13. The second-order valence-corrected chi connectivity index (χ2v) is 13.6. The van der Waals surface area contributed by atoms with E-state index in [2.05, 4.69) is 15.6 Å². The fraction of sp³-hybridized carbons (Fsp3) is 0.412. The molecule has 0 unspecified atom stereocenters. The number of benzene rings is 2. The molecule has 4 atom stereocenters. The van der Waals surface area contributed by atoms with Crippen LogP contribution in [0.1, 0.15) is 62.0 Å². The zero-order valence-electron chi connectivity index (χ0n) is 26.7. The van der Waals surface area contributed by atoms with Gasteiger partial charge in [-0.05, 0) is 48.6 Å². The van der Waals surface area contributed by atoms with Gasteiger partial charge in [-0.1, -0.05) is 45.0 Å². The number of aliphatic hydroxyl groups is 1. The van der Waals surface area contributed by atoms with Crippen LogP contribution in [0.4, 0.5) is 0 Å². The summed E-state index contributed by atoms with van der Waals surface area (Å²) in [6, 6.07) is 12.5. The van der Waals surface area contributed by atoms with Crippen molar-refractivity contribution in [1.82, 2.24) is 20.5 Å². The maximum absolute atomic E-state index is 14.0. The second-order valence-electron chi connectivity index (χ2n) is 12.7. The van der Waals surface area contributed by atoms with E-state index in [4.69, 9.17) is 14.9 Å². The number of hydrogen-bond donors (Lipinski definition) is 4. The van der Waals surface area contributed by atoms with Crippen LogP contribution >= 0.6 is 11.3 Å². The lowest BCUT2D eigenvalue weighted by Crippen LogP contribution is -2.57. The first-order valence-electron chi connectivity index (χ1n) is 15.3. The maximum atomic E-state index is 14.0. The van der Waals surface area contributed by atoms with Crippen LogP contribution < -0.4 is 21.1 Å². The van der Waals surface area contributed by atoms with Crippen molar-refractivity contribution >= 4 is 40.0 Å². The van der Waals surface area contributed by atoms with Gasteiger partial charge in [0.1, 0.15) is 30.0 Å². The van der Waals surface area contributed by atoms with Crippen LogP contribution in [0.15, 0.2) is 58.5 Å². The number of aromatic nitrogens is 1. The van der Waals surface area contributed by atoms with Crippen LogP contribution in [0.2, 0.25) is 0 Å². The average Bonchev–Trinajstić information content (AvgIpc) is 3.75. The van der Waals surface area contributed by atoms with Crippen molar-refractivity contribution in [2.45, 2.75) is 65.3 Å². The summed E-state index contributed by atoms with van der Waals surface area (Å²) in [5, 5.41) is 17.1. The van der Waals surface area contributed by atoms with Crippen molar-refractivity contribution in [2.75, 3.05) is 19.7 Å². The van der Waals surface area contributed by atoms with E-state index in [1.54, 1.807) is 35.6 Å². The summed E-state index contributed by atoms with van der Waals surface area (Å²) in [6.07, 6.45) is -0.782. The highest BCUT2D eigenvalue weighted by molar-refractivity contribution is 7.13. The number of carbonyl (C=O) groups excluding carboxylic acids is 3. The van der Waals surface area contributed by atoms with Crippen LogP contribution in [-0.4, -0.2) is 70.6 Å². The van der Waals surface area contributed by atoms with Crippen molar-refractivity contribution in [3.63, 3.8) is 0 Å². The van der Waals surface area contributed by atoms with E-state index in [1.807, 2.05) is 64.4 Å². The first-order chi connectivity index (χ1) is 21.8. The van der Waals surface area contributed by atoms with Gasteiger partial charge in [0.25, 0.3) is 5.91 Å². The molecular formula is C34H41N5O6S. The number of likely N-dealkylation sites (tertiary alicyclic amines) is 1. The van der Waals surface area contributed by atoms with E-state index in [0.29, 0.717) is 29.9 Å². The molecule has 244 valence electrons. The summed E-state index contributed by atoms with van der Waals surface area (Å²) in [5.74, 6) is -0.794. The van der Waals surface area contributed by atoms with Crippen molar-refractivity contribution in [2.24, 2.45) is 11.1 Å². The number of nitrogens with two attached hydrogens (primary N) is 1. The van der Waals surface area contributed by atoms with Crippen molar-refractivity contribution < 1.29 is 28.6 Å². The quantitative estimate of drug-likeness (QED) is 0.199. The molecule has 11 nitrogen and oxygen atoms in total. The molecular weight excluding hydrogens is 606 g/mol. The molecule has 1 fully saturated rings. The highest BCUT2D eigenvalue weighted by Crippen LogP contribution is 2.30. The normalized spacial score (nSPS) is 17.9.